The van der Waals surface area contributed by atoms with E-state index in [-0.39, 0.29) is 0 Å². The van der Waals surface area contributed by atoms with Crippen molar-refractivity contribution in [3.05, 3.63) is 24.3 Å². The fourth-order valence-electron chi connectivity index (χ4n) is 1.79. The Morgan fingerprint density at radius 2 is 2.25 bits per heavy atom. The quantitative estimate of drug-likeness (QED) is 0.552. The van der Waals surface area contributed by atoms with Crippen LogP contribution in [-0.2, 0) is 0 Å². The Hall–Kier alpha value is -0.520. The molecule has 0 nitrogen and oxygen atoms in total. The lowest BCUT2D eigenvalue weighted by atomic mass is 9.99. The highest BCUT2D eigenvalue weighted by Gasteiger charge is 2.46. The molecule has 2 atom stereocenters. The van der Waals surface area contributed by atoms with Crippen LogP contribution in [0.5, 0.6) is 0 Å². The number of hydrogen-bond donors (Lipinski definition) is 0. The summed E-state index contributed by atoms with van der Waals surface area (Å²) in [5.41, 5.74) is 2.03. The van der Waals surface area contributed by atoms with Crippen molar-refractivity contribution in [3.8, 4) is 0 Å². The maximum atomic E-state index is 3.85. The number of allylic oxidation sites excluding steroid dienone is 3. The van der Waals surface area contributed by atoms with Crippen molar-refractivity contribution in [2.24, 2.45) is 11.3 Å². The summed E-state index contributed by atoms with van der Waals surface area (Å²) in [6.45, 7) is 10.6. The molecule has 0 aromatic rings. The van der Waals surface area contributed by atoms with E-state index in [9.17, 15) is 0 Å². The fourth-order valence-corrected chi connectivity index (χ4v) is 1.79. The second-order valence-corrected chi connectivity index (χ2v) is 4.52. The van der Waals surface area contributed by atoms with E-state index in [1.807, 2.05) is 0 Å². The zero-order valence-electron chi connectivity index (χ0n) is 8.56. The zero-order chi connectivity index (χ0) is 9.19. The molecule has 1 aliphatic carbocycles. The summed E-state index contributed by atoms with van der Waals surface area (Å²) in [6, 6.07) is 0. The summed E-state index contributed by atoms with van der Waals surface area (Å²) in [5, 5.41) is 0. The smallest absolute Gasteiger partial charge is 0.0176 e. The van der Waals surface area contributed by atoms with Crippen molar-refractivity contribution in [1.82, 2.24) is 0 Å². The van der Waals surface area contributed by atoms with E-state index in [1.165, 1.54) is 24.8 Å². The van der Waals surface area contributed by atoms with Crippen molar-refractivity contribution in [2.45, 2.75) is 40.0 Å². The minimum absolute atomic E-state index is 0.591. The van der Waals surface area contributed by atoms with Gasteiger partial charge in [-0.3, -0.25) is 0 Å². The van der Waals surface area contributed by atoms with Gasteiger partial charge in [-0.15, -0.1) is 6.58 Å². The highest BCUT2D eigenvalue weighted by Crippen LogP contribution is 2.56. The molecule has 0 radical (unpaired) electrons. The van der Waals surface area contributed by atoms with Crippen molar-refractivity contribution in [1.29, 1.82) is 0 Å². The summed E-state index contributed by atoms with van der Waals surface area (Å²) in [6.07, 6.45) is 8.37. The van der Waals surface area contributed by atoms with Gasteiger partial charge >= 0.3 is 0 Å². The molecule has 0 spiro atoms. The Balaban J connectivity index is 2.25. The van der Waals surface area contributed by atoms with Crippen molar-refractivity contribution >= 4 is 0 Å². The summed E-state index contributed by atoms with van der Waals surface area (Å²) >= 11 is 0. The first kappa shape index (κ1) is 9.57. The van der Waals surface area contributed by atoms with Crippen LogP contribution in [0.2, 0.25) is 0 Å². The van der Waals surface area contributed by atoms with Gasteiger partial charge in [0.15, 0.2) is 0 Å². The molecule has 0 saturated heterocycles. The summed E-state index contributed by atoms with van der Waals surface area (Å²) in [7, 11) is 0. The molecular weight excluding hydrogens is 144 g/mol. The third kappa shape index (κ3) is 2.23. The van der Waals surface area contributed by atoms with Gasteiger partial charge in [0.1, 0.15) is 0 Å². The topological polar surface area (TPSA) is 0 Å². The van der Waals surface area contributed by atoms with Crippen LogP contribution in [0.4, 0.5) is 0 Å². The van der Waals surface area contributed by atoms with Crippen LogP contribution in [0.25, 0.3) is 0 Å². The van der Waals surface area contributed by atoms with Crippen LogP contribution >= 0.6 is 0 Å². The van der Waals surface area contributed by atoms with Gasteiger partial charge in [-0.25, -0.2) is 0 Å². The Bertz CT molecular complexity index is 196. The van der Waals surface area contributed by atoms with Gasteiger partial charge in [0.05, 0.1) is 0 Å². The Morgan fingerprint density at radius 1 is 1.58 bits per heavy atom. The largest absolute Gasteiger partial charge is 0.103 e. The SMILES string of the molecule is C=CC1CC1(C)CCC=C(C)C. The van der Waals surface area contributed by atoms with Gasteiger partial charge in [0.25, 0.3) is 0 Å². The summed E-state index contributed by atoms with van der Waals surface area (Å²) in [4.78, 5) is 0. The molecule has 0 heterocycles. The van der Waals surface area contributed by atoms with E-state index < -0.39 is 0 Å². The second kappa shape index (κ2) is 3.47. The summed E-state index contributed by atoms with van der Waals surface area (Å²) < 4.78 is 0. The van der Waals surface area contributed by atoms with Crippen LogP contribution in [0.3, 0.4) is 0 Å². The molecule has 1 rings (SSSR count). The molecular formula is C12H20. The lowest BCUT2D eigenvalue weighted by molar-refractivity contribution is 0.495. The van der Waals surface area contributed by atoms with Crippen molar-refractivity contribution in [2.75, 3.05) is 0 Å². The fraction of sp³-hybridized carbons (Fsp3) is 0.667. The Morgan fingerprint density at radius 3 is 2.67 bits per heavy atom. The number of rotatable bonds is 4. The van der Waals surface area contributed by atoms with E-state index in [0.717, 1.165) is 5.92 Å². The molecule has 0 amide bonds. The van der Waals surface area contributed by atoms with Crippen LogP contribution < -0.4 is 0 Å². The Labute approximate surface area is 76.4 Å². The first-order valence-electron chi connectivity index (χ1n) is 4.84. The lowest BCUT2D eigenvalue weighted by Crippen LogP contribution is -1.95. The molecule has 0 aromatic carbocycles. The average Bonchev–Trinajstić information content (AvgIpc) is 2.61. The van der Waals surface area contributed by atoms with Gasteiger partial charge in [0, 0.05) is 0 Å². The van der Waals surface area contributed by atoms with E-state index in [4.69, 9.17) is 0 Å². The molecule has 1 aliphatic rings. The molecule has 12 heavy (non-hydrogen) atoms. The standard InChI is InChI=1S/C12H20/c1-5-11-9-12(11,4)8-6-7-10(2)3/h5,7,11H,1,6,8-9H2,2-4H3. The normalized spacial score (nSPS) is 32.8. The molecule has 1 fully saturated rings. The maximum Gasteiger partial charge on any atom is -0.0176 e. The van der Waals surface area contributed by atoms with Gasteiger partial charge in [-0.1, -0.05) is 24.6 Å². The van der Waals surface area contributed by atoms with Gasteiger partial charge < -0.3 is 0 Å². The average molecular weight is 164 g/mol. The second-order valence-electron chi connectivity index (χ2n) is 4.52. The monoisotopic (exact) mass is 164 g/mol. The van der Waals surface area contributed by atoms with Crippen molar-refractivity contribution in [3.63, 3.8) is 0 Å². The zero-order valence-corrected chi connectivity index (χ0v) is 8.56. The van der Waals surface area contributed by atoms with Crippen LogP contribution in [0.15, 0.2) is 24.3 Å². The van der Waals surface area contributed by atoms with Gasteiger partial charge in [-0.2, -0.15) is 0 Å². The molecule has 0 aliphatic heterocycles. The predicted molar refractivity (Wildman–Crippen MR) is 55.1 cm³/mol. The van der Waals surface area contributed by atoms with Crippen LogP contribution in [-0.4, -0.2) is 0 Å². The minimum atomic E-state index is 0.591. The van der Waals surface area contributed by atoms with Crippen LogP contribution in [0, 0.1) is 11.3 Å². The molecule has 0 bridgehead atoms. The minimum Gasteiger partial charge on any atom is -0.103 e. The molecule has 1 saturated carbocycles. The maximum absolute atomic E-state index is 3.85. The molecule has 2 unspecified atom stereocenters. The molecule has 0 heteroatoms. The highest BCUT2D eigenvalue weighted by atomic mass is 14.5. The molecule has 0 aromatic heterocycles. The highest BCUT2D eigenvalue weighted by molar-refractivity contribution is 5.08. The summed E-state index contributed by atoms with van der Waals surface area (Å²) in [5.74, 6) is 0.795. The van der Waals surface area contributed by atoms with E-state index in [0.29, 0.717) is 5.41 Å². The number of hydrogen-bond acceptors (Lipinski definition) is 0. The molecule has 68 valence electrons. The first-order valence-corrected chi connectivity index (χ1v) is 4.84. The van der Waals surface area contributed by atoms with E-state index >= 15 is 0 Å². The van der Waals surface area contributed by atoms with E-state index in [1.54, 1.807) is 0 Å². The van der Waals surface area contributed by atoms with E-state index in [2.05, 4.69) is 39.5 Å². The van der Waals surface area contributed by atoms with Crippen LogP contribution in [0.1, 0.15) is 40.0 Å². The van der Waals surface area contributed by atoms with Crippen molar-refractivity contribution < 1.29 is 0 Å². The van der Waals surface area contributed by atoms with Gasteiger partial charge in [-0.05, 0) is 44.4 Å². The van der Waals surface area contributed by atoms with Gasteiger partial charge in [0.2, 0.25) is 0 Å². The predicted octanol–water partition coefficient (Wildman–Crippen LogP) is 3.95. The first-order chi connectivity index (χ1) is 5.58. The third-order valence-electron chi connectivity index (χ3n) is 2.97. The Kier molecular flexibility index (Phi) is 2.76. The molecule has 0 N–H and O–H groups in total. The lowest BCUT2D eigenvalue weighted by Gasteiger charge is -2.06. The third-order valence-corrected chi connectivity index (χ3v) is 2.97.